The van der Waals surface area contributed by atoms with Crippen LogP contribution < -0.4 is 0 Å². The first-order valence-electron chi connectivity index (χ1n) is 11.5. The average Bonchev–Trinajstić information content (AvgIpc) is 3.52. The molecular formula is C25H30FN5O2. The molecule has 1 aliphatic rings. The first-order valence-corrected chi connectivity index (χ1v) is 11.5. The molecule has 1 aromatic carbocycles. The Labute approximate surface area is 193 Å². The summed E-state index contributed by atoms with van der Waals surface area (Å²) in [7, 11) is 1.86. The van der Waals surface area contributed by atoms with E-state index >= 15 is 0 Å². The molecule has 0 atom stereocenters. The van der Waals surface area contributed by atoms with Crippen LogP contribution in [0.15, 0.2) is 55.0 Å². The van der Waals surface area contributed by atoms with E-state index in [1.54, 1.807) is 27.7 Å². The minimum absolute atomic E-state index is 0.0547. The maximum Gasteiger partial charge on any atom is 0.259 e. The number of unbranched alkanes of at least 4 members (excludes halogenated alkanes) is 1. The first kappa shape index (κ1) is 22.8. The number of amides is 2. The molecule has 2 amide bonds. The Kier molecular flexibility index (Phi) is 6.91. The van der Waals surface area contributed by atoms with Gasteiger partial charge in [0.1, 0.15) is 17.1 Å². The molecule has 0 radical (unpaired) electrons. The van der Waals surface area contributed by atoms with Gasteiger partial charge in [-0.15, -0.1) is 0 Å². The predicted molar refractivity (Wildman–Crippen MR) is 124 cm³/mol. The molecule has 0 aliphatic carbocycles. The largest absolute Gasteiger partial charge is 0.346 e. The van der Waals surface area contributed by atoms with Crippen LogP contribution in [0.3, 0.4) is 0 Å². The van der Waals surface area contributed by atoms with Gasteiger partial charge in [-0.25, -0.2) is 9.07 Å². The van der Waals surface area contributed by atoms with E-state index in [0.717, 1.165) is 19.4 Å². The van der Waals surface area contributed by atoms with E-state index in [9.17, 15) is 14.0 Å². The lowest BCUT2D eigenvalue weighted by Crippen LogP contribution is -2.43. The second-order valence-electron chi connectivity index (χ2n) is 8.52. The third-order valence-electron chi connectivity index (χ3n) is 6.26. The van der Waals surface area contributed by atoms with Crippen molar-refractivity contribution < 1.29 is 14.0 Å². The van der Waals surface area contributed by atoms with E-state index < -0.39 is 5.82 Å². The molecule has 7 nitrogen and oxygen atoms in total. The fraction of sp³-hybridized carbons (Fsp3) is 0.400. The van der Waals surface area contributed by atoms with E-state index in [2.05, 4.69) is 12.0 Å². The second kappa shape index (κ2) is 10.0. The summed E-state index contributed by atoms with van der Waals surface area (Å²) in [5.74, 6) is 0.0237. The van der Waals surface area contributed by atoms with Crippen LogP contribution in [0.5, 0.6) is 0 Å². The van der Waals surface area contributed by atoms with Gasteiger partial charge in [0.05, 0.1) is 6.20 Å². The average molecular weight is 452 g/mol. The number of rotatable bonds is 7. The molecule has 0 unspecified atom stereocenters. The number of para-hydroxylation sites is 1. The van der Waals surface area contributed by atoms with Crippen molar-refractivity contribution in [2.45, 2.75) is 32.6 Å². The zero-order chi connectivity index (χ0) is 23.4. The minimum atomic E-state index is -0.417. The van der Waals surface area contributed by atoms with E-state index in [1.165, 1.54) is 16.9 Å². The Hall–Kier alpha value is -3.42. The van der Waals surface area contributed by atoms with Gasteiger partial charge in [-0.1, -0.05) is 25.5 Å². The molecule has 1 saturated heterocycles. The molecule has 0 saturated carbocycles. The number of halogens is 1. The lowest BCUT2D eigenvalue weighted by molar-refractivity contribution is -0.135. The highest BCUT2D eigenvalue weighted by Gasteiger charge is 2.31. The maximum absolute atomic E-state index is 14.5. The van der Waals surface area contributed by atoms with Crippen LogP contribution in [0.25, 0.3) is 11.5 Å². The van der Waals surface area contributed by atoms with Crippen molar-refractivity contribution in [1.82, 2.24) is 24.1 Å². The SMILES string of the molecule is CCCCN(C)C(=O)C1CCN(C(=O)c2cnn(-c3ccccc3F)c2-n2cccc2)CC1. The third kappa shape index (κ3) is 4.69. The molecule has 3 heterocycles. The standard InChI is InChI=1S/C25H30FN5O2/c1-3-4-13-28(2)24(32)19-11-16-30(17-12-19)25(33)20-18-27-31(22-10-6-5-9-21(22)26)23(20)29-14-7-8-15-29/h5-10,14-15,18-19H,3-4,11-13,16-17H2,1-2H3. The van der Waals surface area contributed by atoms with Crippen molar-refractivity contribution in [1.29, 1.82) is 0 Å². The van der Waals surface area contributed by atoms with Crippen LogP contribution in [0.2, 0.25) is 0 Å². The van der Waals surface area contributed by atoms with E-state index in [0.29, 0.717) is 37.3 Å². The number of likely N-dealkylation sites (tertiary alicyclic amines) is 1. The number of aromatic nitrogens is 3. The molecule has 174 valence electrons. The van der Waals surface area contributed by atoms with Crippen LogP contribution >= 0.6 is 0 Å². The highest BCUT2D eigenvalue weighted by atomic mass is 19.1. The van der Waals surface area contributed by atoms with Gasteiger partial charge in [0.15, 0.2) is 5.82 Å². The van der Waals surface area contributed by atoms with Crippen molar-refractivity contribution in [3.8, 4) is 11.5 Å². The summed E-state index contributed by atoms with van der Waals surface area (Å²) in [4.78, 5) is 29.8. The fourth-order valence-corrected chi connectivity index (χ4v) is 4.33. The maximum atomic E-state index is 14.5. The van der Waals surface area contributed by atoms with Crippen LogP contribution in [0.4, 0.5) is 4.39 Å². The molecule has 1 aliphatic heterocycles. The van der Waals surface area contributed by atoms with Crippen LogP contribution in [-0.2, 0) is 4.79 Å². The number of carbonyl (C=O) groups excluding carboxylic acids is 2. The summed E-state index contributed by atoms with van der Waals surface area (Å²) in [5.41, 5.74) is 0.680. The minimum Gasteiger partial charge on any atom is -0.346 e. The Morgan fingerprint density at radius 3 is 2.48 bits per heavy atom. The number of benzene rings is 1. The van der Waals surface area contributed by atoms with Gasteiger partial charge in [-0.3, -0.25) is 9.59 Å². The summed E-state index contributed by atoms with van der Waals surface area (Å²) in [6.45, 7) is 3.89. The Morgan fingerprint density at radius 2 is 1.82 bits per heavy atom. The van der Waals surface area contributed by atoms with Gasteiger partial charge in [-0.05, 0) is 43.5 Å². The van der Waals surface area contributed by atoms with Crippen LogP contribution in [0, 0.1) is 11.7 Å². The molecule has 33 heavy (non-hydrogen) atoms. The Balaban J connectivity index is 1.54. The molecule has 8 heteroatoms. The molecule has 2 aromatic heterocycles. The highest BCUT2D eigenvalue weighted by Crippen LogP contribution is 2.26. The Morgan fingerprint density at radius 1 is 1.12 bits per heavy atom. The first-order chi connectivity index (χ1) is 16.0. The number of hydrogen-bond acceptors (Lipinski definition) is 3. The fourth-order valence-electron chi connectivity index (χ4n) is 4.33. The normalized spacial score (nSPS) is 14.5. The number of nitrogens with zero attached hydrogens (tertiary/aromatic N) is 5. The van der Waals surface area contributed by atoms with Crippen molar-refractivity contribution >= 4 is 11.8 Å². The van der Waals surface area contributed by atoms with E-state index in [1.807, 2.05) is 36.5 Å². The molecule has 0 bridgehead atoms. The number of carbonyl (C=O) groups is 2. The van der Waals surface area contributed by atoms with Crippen molar-refractivity contribution in [3.05, 3.63) is 66.4 Å². The van der Waals surface area contributed by atoms with E-state index in [-0.39, 0.29) is 23.4 Å². The second-order valence-corrected chi connectivity index (χ2v) is 8.52. The Bertz CT molecular complexity index is 1100. The van der Waals surface area contributed by atoms with Crippen LogP contribution in [-0.4, -0.2) is 62.6 Å². The number of piperidine rings is 1. The van der Waals surface area contributed by atoms with Crippen molar-refractivity contribution in [2.75, 3.05) is 26.7 Å². The van der Waals surface area contributed by atoms with Crippen molar-refractivity contribution in [2.24, 2.45) is 5.92 Å². The monoisotopic (exact) mass is 451 g/mol. The topological polar surface area (TPSA) is 63.4 Å². The van der Waals surface area contributed by atoms with Gasteiger partial charge < -0.3 is 14.4 Å². The molecule has 1 fully saturated rings. The highest BCUT2D eigenvalue weighted by molar-refractivity contribution is 5.97. The zero-order valence-electron chi connectivity index (χ0n) is 19.2. The quantitative estimate of drug-likeness (QED) is 0.547. The summed E-state index contributed by atoms with van der Waals surface area (Å²) < 4.78 is 17.8. The summed E-state index contributed by atoms with van der Waals surface area (Å²) in [5, 5.41) is 4.36. The molecule has 0 spiro atoms. The summed E-state index contributed by atoms with van der Waals surface area (Å²) in [6.07, 6.45) is 8.44. The third-order valence-corrected chi connectivity index (χ3v) is 6.26. The van der Waals surface area contributed by atoms with Gasteiger partial charge in [0, 0.05) is 45.0 Å². The lowest BCUT2D eigenvalue weighted by Gasteiger charge is -2.33. The lowest BCUT2D eigenvalue weighted by atomic mass is 9.95. The zero-order valence-corrected chi connectivity index (χ0v) is 19.2. The molecule has 4 rings (SSSR count). The molecular weight excluding hydrogens is 421 g/mol. The summed E-state index contributed by atoms with van der Waals surface area (Å²) >= 11 is 0. The predicted octanol–water partition coefficient (Wildman–Crippen LogP) is 3.91. The van der Waals surface area contributed by atoms with Gasteiger partial charge in [0.25, 0.3) is 5.91 Å². The molecule has 3 aromatic rings. The molecule has 0 N–H and O–H groups in total. The van der Waals surface area contributed by atoms with Crippen molar-refractivity contribution in [3.63, 3.8) is 0 Å². The van der Waals surface area contributed by atoms with Gasteiger partial charge in [0.2, 0.25) is 5.91 Å². The number of hydrogen-bond donors (Lipinski definition) is 0. The van der Waals surface area contributed by atoms with Crippen LogP contribution in [0.1, 0.15) is 43.0 Å². The smallest absolute Gasteiger partial charge is 0.259 e. The van der Waals surface area contributed by atoms with Gasteiger partial charge >= 0.3 is 0 Å². The summed E-state index contributed by atoms with van der Waals surface area (Å²) in [6, 6.07) is 10.1. The van der Waals surface area contributed by atoms with E-state index in [4.69, 9.17) is 0 Å². The van der Waals surface area contributed by atoms with Gasteiger partial charge in [-0.2, -0.15) is 5.10 Å².